The summed E-state index contributed by atoms with van der Waals surface area (Å²) in [7, 11) is 0. The first-order chi connectivity index (χ1) is 9.07. The lowest BCUT2D eigenvalue weighted by Gasteiger charge is -2.23. The molecule has 0 fully saturated rings. The molecule has 0 saturated carbocycles. The van der Waals surface area contributed by atoms with Gasteiger partial charge in [-0.3, -0.25) is 0 Å². The molecule has 2 aromatic rings. The van der Waals surface area contributed by atoms with Gasteiger partial charge in [-0.1, -0.05) is 48.5 Å². The lowest BCUT2D eigenvalue weighted by Crippen LogP contribution is -2.28. The Bertz CT molecular complexity index is 520. The highest BCUT2D eigenvalue weighted by Gasteiger charge is 2.22. The second-order valence-corrected chi connectivity index (χ2v) is 5.25. The van der Waals surface area contributed by atoms with E-state index in [0.717, 1.165) is 6.42 Å². The topological polar surface area (TPSA) is 20.2 Å². The minimum Gasteiger partial charge on any atom is -0.390 e. The summed E-state index contributed by atoms with van der Waals surface area (Å²) in [5.41, 5.74) is 0.870. The van der Waals surface area contributed by atoms with Crippen LogP contribution in [0.2, 0.25) is 0 Å². The molecule has 0 saturated heterocycles. The Balaban J connectivity index is 1.97. The predicted molar refractivity (Wildman–Crippen MR) is 75.5 cm³/mol. The summed E-state index contributed by atoms with van der Waals surface area (Å²) < 4.78 is 13.6. The molecule has 0 bridgehead atoms. The van der Waals surface area contributed by atoms with Crippen LogP contribution in [0.25, 0.3) is 0 Å². The molecular weight excluding hydrogens is 239 g/mol. The number of benzene rings is 2. The van der Waals surface area contributed by atoms with Gasteiger partial charge in [0.2, 0.25) is 0 Å². The van der Waals surface area contributed by atoms with E-state index in [0.29, 0.717) is 18.4 Å². The molecule has 0 amide bonds. The van der Waals surface area contributed by atoms with E-state index in [1.807, 2.05) is 30.3 Å². The molecule has 0 aliphatic heterocycles. The molecule has 1 unspecified atom stereocenters. The summed E-state index contributed by atoms with van der Waals surface area (Å²) in [4.78, 5) is 0. The van der Waals surface area contributed by atoms with E-state index in [9.17, 15) is 9.50 Å². The minimum atomic E-state index is -0.891. The Morgan fingerprint density at radius 3 is 2.32 bits per heavy atom. The SMILES string of the molecule is CC(O)(CCc1ccccc1)Cc1ccccc1F. The van der Waals surface area contributed by atoms with Gasteiger partial charge in [-0.05, 0) is 37.0 Å². The fraction of sp³-hybridized carbons (Fsp3) is 0.294. The van der Waals surface area contributed by atoms with Crippen LogP contribution >= 0.6 is 0 Å². The van der Waals surface area contributed by atoms with Gasteiger partial charge in [0.15, 0.2) is 0 Å². The van der Waals surface area contributed by atoms with Crippen LogP contribution in [0.15, 0.2) is 54.6 Å². The number of hydrogen-bond acceptors (Lipinski definition) is 1. The van der Waals surface area contributed by atoms with Gasteiger partial charge in [-0.15, -0.1) is 0 Å². The number of aliphatic hydroxyl groups is 1. The van der Waals surface area contributed by atoms with E-state index in [1.165, 1.54) is 11.6 Å². The van der Waals surface area contributed by atoms with E-state index in [1.54, 1.807) is 25.1 Å². The van der Waals surface area contributed by atoms with Crippen molar-refractivity contribution in [2.45, 2.75) is 31.8 Å². The summed E-state index contributed by atoms with van der Waals surface area (Å²) in [5, 5.41) is 10.4. The maximum atomic E-state index is 13.6. The van der Waals surface area contributed by atoms with Crippen LogP contribution in [0.1, 0.15) is 24.5 Å². The van der Waals surface area contributed by atoms with Gasteiger partial charge >= 0.3 is 0 Å². The first kappa shape index (κ1) is 13.8. The van der Waals surface area contributed by atoms with Crippen LogP contribution in [0.5, 0.6) is 0 Å². The zero-order valence-electron chi connectivity index (χ0n) is 11.1. The van der Waals surface area contributed by atoms with Gasteiger partial charge in [0.25, 0.3) is 0 Å². The highest BCUT2D eigenvalue weighted by atomic mass is 19.1. The molecule has 19 heavy (non-hydrogen) atoms. The molecule has 0 aliphatic carbocycles. The lowest BCUT2D eigenvalue weighted by molar-refractivity contribution is 0.0507. The molecule has 1 atom stereocenters. The van der Waals surface area contributed by atoms with E-state index < -0.39 is 5.60 Å². The van der Waals surface area contributed by atoms with Crippen LogP contribution < -0.4 is 0 Å². The maximum Gasteiger partial charge on any atom is 0.126 e. The smallest absolute Gasteiger partial charge is 0.126 e. The van der Waals surface area contributed by atoms with Crippen molar-refractivity contribution in [1.82, 2.24) is 0 Å². The molecule has 1 nitrogen and oxygen atoms in total. The van der Waals surface area contributed by atoms with Crippen molar-refractivity contribution < 1.29 is 9.50 Å². The van der Waals surface area contributed by atoms with Crippen LogP contribution in [-0.2, 0) is 12.8 Å². The summed E-state index contributed by atoms with van der Waals surface area (Å²) in [6, 6.07) is 16.7. The van der Waals surface area contributed by atoms with Gasteiger partial charge in [-0.25, -0.2) is 4.39 Å². The fourth-order valence-corrected chi connectivity index (χ4v) is 2.20. The Hall–Kier alpha value is -1.67. The van der Waals surface area contributed by atoms with Crippen LogP contribution in [-0.4, -0.2) is 10.7 Å². The average molecular weight is 258 g/mol. The average Bonchev–Trinajstić information content (AvgIpc) is 2.40. The Morgan fingerprint density at radius 1 is 1.00 bits per heavy atom. The van der Waals surface area contributed by atoms with Gasteiger partial charge < -0.3 is 5.11 Å². The molecule has 1 N–H and O–H groups in total. The molecule has 0 heterocycles. The number of aryl methyl sites for hydroxylation is 1. The fourth-order valence-electron chi connectivity index (χ4n) is 2.20. The summed E-state index contributed by atoms with van der Waals surface area (Å²) in [6.45, 7) is 1.77. The zero-order valence-corrected chi connectivity index (χ0v) is 11.1. The first-order valence-corrected chi connectivity index (χ1v) is 6.56. The molecule has 0 aromatic heterocycles. The highest BCUT2D eigenvalue weighted by Crippen LogP contribution is 2.21. The monoisotopic (exact) mass is 258 g/mol. The Morgan fingerprint density at radius 2 is 1.63 bits per heavy atom. The highest BCUT2D eigenvalue weighted by molar-refractivity contribution is 5.20. The van der Waals surface area contributed by atoms with Crippen molar-refractivity contribution in [2.24, 2.45) is 0 Å². The summed E-state index contributed by atoms with van der Waals surface area (Å²) in [5.74, 6) is -0.248. The standard InChI is InChI=1S/C17H19FO/c1-17(19,12-11-14-7-3-2-4-8-14)13-15-9-5-6-10-16(15)18/h2-10,19H,11-13H2,1H3. The molecule has 0 spiro atoms. The molecule has 0 radical (unpaired) electrons. The Kier molecular flexibility index (Phi) is 4.33. The van der Waals surface area contributed by atoms with Crippen molar-refractivity contribution in [1.29, 1.82) is 0 Å². The van der Waals surface area contributed by atoms with Gasteiger partial charge in [-0.2, -0.15) is 0 Å². The first-order valence-electron chi connectivity index (χ1n) is 6.56. The summed E-state index contributed by atoms with van der Waals surface area (Å²) >= 11 is 0. The van der Waals surface area contributed by atoms with E-state index in [-0.39, 0.29) is 5.82 Å². The van der Waals surface area contributed by atoms with E-state index in [2.05, 4.69) is 0 Å². The minimum absolute atomic E-state index is 0.248. The number of hydrogen-bond donors (Lipinski definition) is 1. The largest absolute Gasteiger partial charge is 0.390 e. The molecule has 2 heteroatoms. The predicted octanol–water partition coefficient (Wildman–Crippen LogP) is 3.75. The van der Waals surface area contributed by atoms with Crippen molar-refractivity contribution in [3.63, 3.8) is 0 Å². The molecule has 2 aromatic carbocycles. The van der Waals surface area contributed by atoms with Gasteiger partial charge in [0.05, 0.1) is 5.60 Å². The molecular formula is C17H19FO. The normalized spacial score (nSPS) is 14.1. The second kappa shape index (κ2) is 5.98. The molecule has 100 valence electrons. The number of halogens is 1. The molecule has 0 aliphatic rings. The van der Waals surface area contributed by atoms with Crippen molar-refractivity contribution in [2.75, 3.05) is 0 Å². The van der Waals surface area contributed by atoms with Crippen molar-refractivity contribution >= 4 is 0 Å². The quantitative estimate of drug-likeness (QED) is 0.866. The summed E-state index contributed by atoms with van der Waals surface area (Å²) in [6.07, 6.45) is 1.75. The lowest BCUT2D eigenvalue weighted by atomic mass is 9.90. The van der Waals surface area contributed by atoms with Gasteiger partial charge in [0.1, 0.15) is 5.82 Å². The third kappa shape index (κ3) is 4.18. The third-order valence-electron chi connectivity index (χ3n) is 3.32. The van der Waals surface area contributed by atoms with Crippen LogP contribution in [0, 0.1) is 5.82 Å². The Labute approximate surface area is 113 Å². The van der Waals surface area contributed by atoms with Crippen LogP contribution in [0.4, 0.5) is 4.39 Å². The third-order valence-corrected chi connectivity index (χ3v) is 3.32. The number of rotatable bonds is 5. The van der Waals surface area contributed by atoms with Crippen molar-refractivity contribution in [3.05, 3.63) is 71.5 Å². The van der Waals surface area contributed by atoms with Gasteiger partial charge in [0, 0.05) is 6.42 Å². The van der Waals surface area contributed by atoms with E-state index in [4.69, 9.17) is 0 Å². The zero-order chi connectivity index (χ0) is 13.7. The van der Waals surface area contributed by atoms with Crippen LogP contribution in [0.3, 0.4) is 0 Å². The molecule has 2 rings (SSSR count). The van der Waals surface area contributed by atoms with Crippen molar-refractivity contribution in [3.8, 4) is 0 Å². The van der Waals surface area contributed by atoms with E-state index >= 15 is 0 Å². The maximum absolute atomic E-state index is 13.6. The second-order valence-electron chi connectivity index (χ2n) is 5.25.